The van der Waals surface area contributed by atoms with Crippen LogP contribution in [0, 0.1) is 6.92 Å². The number of aryl methyl sites for hydroxylation is 1. The SMILES string of the molecule is COC(=O)c1ccc(NC2CCCC(OC)C2)nc1C. The van der Waals surface area contributed by atoms with Gasteiger partial charge in [0.1, 0.15) is 5.82 Å². The highest BCUT2D eigenvalue weighted by Crippen LogP contribution is 2.23. The number of anilines is 1. The summed E-state index contributed by atoms with van der Waals surface area (Å²) in [6.07, 6.45) is 4.74. The van der Waals surface area contributed by atoms with Gasteiger partial charge in [0.15, 0.2) is 0 Å². The quantitative estimate of drug-likeness (QED) is 0.858. The molecule has 2 rings (SSSR count). The Labute approximate surface area is 119 Å². The van der Waals surface area contributed by atoms with Gasteiger partial charge in [-0.1, -0.05) is 0 Å². The fourth-order valence-corrected chi connectivity index (χ4v) is 2.67. The number of carbonyl (C=O) groups excluding carboxylic acids is 1. The van der Waals surface area contributed by atoms with E-state index in [1.807, 2.05) is 13.0 Å². The monoisotopic (exact) mass is 278 g/mol. The minimum absolute atomic E-state index is 0.330. The van der Waals surface area contributed by atoms with Gasteiger partial charge in [-0.3, -0.25) is 0 Å². The minimum Gasteiger partial charge on any atom is -0.465 e. The number of aromatic nitrogens is 1. The molecule has 1 heterocycles. The molecule has 1 aromatic rings. The largest absolute Gasteiger partial charge is 0.465 e. The van der Waals surface area contributed by atoms with E-state index in [-0.39, 0.29) is 5.97 Å². The Balaban J connectivity index is 2.03. The summed E-state index contributed by atoms with van der Waals surface area (Å²) in [5, 5.41) is 3.43. The van der Waals surface area contributed by atoms with Crippen molar-refractivity contribution >= 4 is 11.8 Å². The van der Waals surface area contributed by atoms with Crippen molar-refractivity contribution in [3.8, 4) is 0 Å². The van der Waals surface area contributed by atoms with Gasteiger partial charge in [-0.25, -0.2) is 9.78 Å². The number of nitrogens with zero attached hydrogens (tertiary/aromatic N) is 1. The number of hydrogen-bond donors (Lipinski definition) is 1. The predicted molar refractivity (Wildman–Crippen MR) is 77.0 cm³/mol. The molecule has 0 saturated heterocycles. The zero-order valence-electron chi connectivity index (χ0n) is 12.3. The maximum absolute atomic E-state index is 11.5. The van der Waals surface area contributed by atoms with Crippen molar-refractivity contribution < 1.29 is 14.3 Å². The smallest absolute Gasteiger partial charge is 0.339 e. The summed E-state index contributed by atoms with van der Waals surface area (Å²) in [7, 11) is 3.14. The Morgan fingerprint density at radius 3 is 2.80 bits per heavy atom. The number of methoxy groups -OCH3 is 2. The molecule has 0 amide bonds. The van der Waals surface area contributed by atoms with Crippen LogP contribution in [-0.4, -0.2) is 37.3 Å². The second-order valence-corrected chi connectivity index (χ2v) is 5.19. The van der Waals surface area contributed by atoms with Crippen LogP contribution in [-0.2, 0) is 9.47 Å². The van der Waals surface area contributed by atoms with Gasteiger partial charge in [0, 0.05) is 13.2 Å². The molecule has 110 valence electrons. The molecule has 1 aliphatic carbocycles. The summed E-state index contributed by atoms with van der Waals surface area (Å²) in [6.45, 7) is 1.82. The van der Waals surface area contributed by atoms with Gasteiger partial charge in [0.25, 0.3) is 0 Å². The molecule has 1 saturated carbocycles. The van der Waals surface area contributed by atoms with Crippen LogP contribution in [0.5, 0.6) is 0 Å². The zero-order chi connectivity index (χ0) is 14.5. The van der Waals surface area contributed by atoms with Gasteiger partial charge in [-0.15, -0.1) is 0 Å². The Kier molecular flexibility index (Phi) is 4.95. The van der Waals surface area contributed by atoms with Crippen molar-refractivity contribution in [3.63, 3.8) is 0 Å². The molecule has 1 aliphatic rings. The molecule has 0 bridgehead atoms. The van der Waals surface area contributed by atoms with E-state index in [1.54, 1.807) is 13.2 Å². The number of pyridine rings is 1. The van der Waals surface area contributed by atoms with E-state index < -0.39 is 0 Å². The first-order valence-electron chi connectivity index (χ1n) is 6.99. The minimum atomic E-state index is -0.348. The third-order valence-corrected chi connectivity index (χ3v) is 3.80. The van der Waals surface area contributed by atoms with Gasteiger partial charge in [0.05, 0.1) is 24.5 Å². The van der Waals surface area contributed by atoms with E-state index in [1.165, 1.54) is 7.11 Å². The molecule has 5 heteroatoms. The molecule has 1 fully saturated rings. The number of rotatable bonds is 4. The number of carbonyl (C=O) groups is 1. The van der Waals surface area contributed by atoms with Crippen LogP contribution < -0.4 is 5.32 Å². The van der Waals surface area contributed by atoms with E-state index in [0.29, 0.717) is 23.4 Å². The summed E-state index contributed by atoms with van der Waals surface area (Å²) in [5.41, 5.74) is 1.19. The normalized spacial score (nSPS) is 22.4. The second kappa shape index (κ2) is 6.70. The van der Waals surface area contributed by atoms with Crippen LogP contribution in [0.2, 0.25) is 0 Å². The Morgan fingerprint density at radius 1 is 1.35 bits per heavy atom. The van der Waals surface area contributed by atoms with Crippen LogP contribution in [0.4, 0.5) is 5.82 Å². The number of ether oxygens (including phenoxy) is 2. The highest BCUT2D eigenvalue weighted by atomic mass is 16.5. The summed E-state index contributed by atoms with van der Waals surface area (Å²) < 4.78 is 10.1. The topological polar surface area (TPSA) is 60.5 Å². The van der Waals surface area contributed by atoms with Crippen LogP contribution in [0.1, 0.15) is 41.7 Å². The molecular formula is C15H22N2O3. The summed E-state index contributed by atoms with van der Waals surface area (Å²) in [6, 6.07) is 3.97. The maximum atomic E-state index is 11.5. The lowest BCUT2D eigenvalue weighted by atomic mass is 9.93. The third kappa shape index (κ3) is 3.48. The van der Waals surface area contributed by atoms with Crippen molar-refractivity contribution in [2.45, 2.75) is 44.8 Å². The van der Waals surface area contributed by atoms with Crippen molar-refractivity contribution in [1.82, 2.24) is 4.98 Å². The fourth-order valence-electron chi connectivity index (χ4n) is 2.67. The maximum Gasteiger partial charge on any atom is 0.339 e. The van der Waals surface area contributed by atoms with Crippen molar-refractivity contribution in [3.05, 3.63) is 23.4 Å². The second-order valence-electron chi connectivity index (χ2n) is 5.19. The van der Waals surface area contributed by atoms with Gasteiger partial charge in [-0.2, -0.15) is 0 Å². The zero-order valence-corrected chi connectivity index (χ0v) is 12.3. The summed E-state index contributed by atoms with van der Waals surface area (Å²) >= 11 is 0. The molecule has 1 N–H and O–H groups in total. The van der Waals surface area contributed by atoms with Crippen molar-refractivity contribution in [2.75, 3.05) is 19.5 Å². The standard InChI is InChI=1S/C15H22N2O3/c1-10-13(15(18)20-3)7-8-14(16-10)17-11-5-4-6-12(9-11)19-2/h7-8,11-12H,4-6,9H2,1-3H3,(H,16,17). The lowest BCUT2D eigenvalue weighted by molar-refractivity contribution is 0.0599. The first-order chi connectivity index (χ1) is 9.63. The number of hydrogen-bond acceptors (Lipinski definition) is 5. The molecule has 0 spiro atoms. The summed E-state index contributed by atoms with van der Waals surface area (Å²) in [4.78, 5) is 16.0. The van der Waals surface area contributed by atoms with E-state index in [9.17, 15) is 4.79 Å². The van der Waals surface area contributed by atoms with E-state index in [0.717, 1.165) is 31.5 Å². The van der Waals surface area contributed by atoms with E-state index >= 15 is 0 Å². The van der Waals surface area contributed by atoms with E-state index in [4.69, 9.17) is 9.47 Å². The van der Waals surface area contributed by atoms with E-state index in [2.05, 4.69) is 10.3 Å². The highest BCUT2D eigenvalue weighted by molar-refractivity contribution is 5.90. The fraction of sp³-hybridized carbons (Fsp3) is 0.600. The Hall–Kier alpha value is -1.62. The molecule has 0 radical (unpaired) electrons. The van der Waals surface area contributed by atoms with Crippen LogP contribution in [0.25, 0.3) is 0 Å². The van der Waals surface area contributed by atoms with Crippen molar-refractivity contribution in [1.29, 1.82) is 0 Å². The highest BCUT2D eigenvalue weighted by Gasteiger charge is 2.22. The Bertz CT molecular complexity index is 476. The van der Waals surface area contributed by atoms with Gasteiger partial charge in [0.2, 0.25) is 0 Å². The van der Waals surface area contributed by atoms with Gasteiger partial charge < -0.3 is 14.8 Å². The number of nitrogens with one attached hydrogen (secondary N) is 1. The number of esters is 1. The molecule has 5 nitrogen and oxygen atoms in total. The lowest BCUT2D eigenvalue weighted by Gasteiger charge is -2.29. The van der Waals surface area contributed by atoms with Crippen molar-refractivity contribution in [2.24, 2.45) is 0 Å². The molecule has 1 aromatic heterocycles. The van der Waals surface area contributed by atoms with Gasteiger partial charge >= 0.3 is 5.97 Å². The van der Waals surface area contributed by atoms with Gasteiger partial charge in [-0.05, 0) is 44.7 Å². The molecule has 0 aromatic carbocycles. The Morgan fingerprint density at radius 2 is 2.15 bits per heavy atom. The molecule has 20 heavy (non-hydrogen) atoms. The molecule has 0 aliphatic heterocycles. The molecule has 2 atom stereocenters. The third-order valence-electron chi connectivity index (χ3n) is 3.80. The van der Waals surface area contributed by atoms with Crippen LogP contribution >= 0.6 is 0 Å². The average Bonchev–Trinajstić information content (AvgIpc) is 2.47. The first kappa shape index (κ1) is 14.8. The molecular weight excluding hydrogens is 256 g/mol. The van der Waals surface area contributed by atoms with Crippen LogP contribution in [0.3, 0.4) is 0 Å². The summed E-state index contributed by atoms with van der Waals surface area (Å²) in [5.74, 6) is 0.454. The lowest BCUT2D eigenvalue weighted by Crippen LogP contribution is -2.31. The average molecular weight is 278 g/mol. The predicted octanol–water partition coefficient (Wildman–Crippen LogP) is 2.55. The van der Waals surface area contributed by atoms with Crippen LogP contribution in [0.15, 0.2) is 12.1 Å². The first-order valence-corrected chi connectivity index (χ1v) is 6.99. The molecule has 2 unspecified atom stereocenters.